The van der Waals surface area contributed by atoms with Crippen LogP contribution in [0.1, 0.15) is 24.4 Å². The first-order valence-corrected chi connectivity index (χ1v) is 5.24. The van der Waals surface area contributed by atoms with Crippen LogP contribution in [0.3, 0.4) is 0 Å². The first-order valence-electron chi connectivity index (χ1n) is 4.45. The Hall–Kier alpha value is -0.340. The Bertz CT molecular complexity index is 249. The zero-order chi connectivity index (χ0) is 8.39. The molecule has 1 aromatic carbocycles. The van der Waals surface area contributed by atoms with Gasteiger partial charge in [0.1, 0.15) is 6.04 Å². The van der Waals surface area contributed by atoms with Crippen molar-refractivity contribution in [3.63, 3.8) is 0 Å². The number of nitrogens with two attached hydrogens (primary N) is 1. The molecule has 2 N–H and O–H groups in total. The maximum atomic E-state index is 3.44. The summed E-state index contributed by atoms with van der Waals surface area (Å²) in [6.07, 6.45) is 2.70. The zero-order valence-corrected chi connectivity index (χ0v) is 8.55. The van der Waals surface area contributed by atoms with Crippen molar-refractivity contribution in [1.29, 1.82) is 0 Å². The molecule has 0 aromatic heterocycles. The van der Waals surface area contributed by atoms with E-state index in [-0.39, 0.29) is 0 Å². The molecule has 0 amide bonds. The monoisotopic (exact) mass is 226 g/mol. The molecule has 0 bridgehead atoms. The van der Waals surface area contributed by atoms with Crippen molar-refractivity contribution in [2.75, 3.05) is 6.54 Å². The minimum absolute atomic E-state index is 0.720. The van der Waals surface area contributed by atoms with Crippen LogP contribution in [0.25, 0.3) is 0 Å². The van der Waals surface area contributed by atoms with E-state index in [2.05, 4.69) is 45.5 Å². The third-order valence-electron chi connectivity index (χ3n) is 2.47. The molecule has 0 spiro atoms. The van der Waals surface area contributed by atoms with E-state index in [1.54, 1.807) is 0 Å². The van der Waals surface area contributed by atoms with Crippen LogP contribution in [-0.4, -0.2) is 6.54 Å². The molecule has 1 aliphatic heterocycles. The third kappa shape index (κ3) is 1.70. The topological polar surface area (TPSA) is 16.6 Å². The fourth-order valence-corrected chi connectivity index (χ4v) is 2.05. The normalized spacial score (nSPS) is 22.9. The highest BCUT2D eigenvalue weighted by atomic mass is 79.9. The van der Waals surface area contributed by atoms with Gasteiger partial charge in [-0.2, -0.15) is 0 Å². The minimum atomic E-state index is 0.720. The predicted molar refractivity (Wildman–Crippen MR) is 52.9 cm³/mol. The van der Waals surface area contributed by atoms with Gasteiger partial charge in [0.25, 0.3) is 0 Å². The molecule has 2 heteroatoms. The summed E-state index contributed by atoms with van der Waals surface area (Å²) >= 11 is 3.44. The minimum Gasteiger partial charge on any atom is -0.340 e. The zero-order valence-electron chi connectivity index (χ0n) is 6.96. The van der Waals surface area contributed by atoms with Gasteiger partial charge in [-0.25, -0.2) is 0 Å². The summed E-state index contributed by atoms with van der Waals surface area (Å²) in [5.74, 6) is 0. The smallest absolute Gasteiger partial charge is 0.112 e. The Balaban J connectivity index is 2.17. The summed E-state index contributed by atoms with van der Waals surface area (Å²) in [5, 5.41) is 2.43. The van der Waals surface area contributed by atoms with Gasteiger partial charge >= 0.3 is 0 Å². The van der Waals surface area contributed by atoms with Crippen molar-refractivity contribution in [3.05, 3.63) is 34.3 Å². The van der Waals surface area contributed by atoms with E-state index in [1.807, 2.05) is 0 Å². The van der Waals surface area contributed by atoms with E-state index < -0.39 is 0 Å². The summed E-state index contributed by atoms with van der Waals surface area (Å²) in [7, 11) is 0. The van der Waals surface area contributed by atoms with Crippen LogP contribution in [0.15, 0.2) is 28.7 Å². The standard InChI is InChI=1S/C10H12BrN/c11-9-5-3-8(4-6-9)10-2-1-7-12-10/h3-6,10,12H,1-2,7H2/p+1/t10-/m0/s1. The maximum Gasteiger partial charge on any atom is 0.112 e. The van der Waals surface area contributed by atoms with E-state index in [0.29, 0.717) is 0 Å². The molecule has 0 radical (unpaired) electrons. The maximum absolute atomic E-state index is 3.44. The van der Waals surface area contributed by atoms with Crippen molar-refractivity contribution in [1.82, 2.24) is 0 Å². The summed E-state index contributed by atoms with van der Waals surface area (Å²) in [5.41, 5.74) is 1.47. The van der Waals surface area contributed by atoms with E-state index in [9.17, 15) is 0 Å². The van der Waals surface area contributed by atoms with E-state index in [4.69, 9.17) is 0 Å². The van der Waals surface area contributed by atoms with Crippen LogP contribution in [0.4, 0.5) is 0 Å². The van der Waals surface area contributed by atoms with Crippen LogP contribution in [0.5, 0.6) is 0 Å². The summed E-state index contributed by atoms with van der Waals surface area (Å²) < 4.78 is 1.17. The predicted octanol–water partition coefficient (Wildman–Crippen LogP) is 1.85. The molecule has 64 valence electrons. The highest BCUT2D eigenvalue weighted by Crippen LogP contribution is 2.19. The largest absolute Gasteiger partial charge is 0.340 e. The van der Waals surface area contributed by atoms with Crippen LogP contribution >= 0.6 is 15.9 Å². The lowest BCUT2D eigenvalue weighted by Crippen LogP contribution is -2.81. The molecule has 1 saturated heterocycles. The first-order chi connectivity index (χ1) is 5.86. The number of hydrogen-bond donors (Lipinski definition) is 1. The van der Waals surface area contributed by atoms with Crippen molar-refractivity contribution < 1.29 is 5.32 Å². The average Bonchev–Trinajstić information content (AvgIpc) is 2.58. The van der Waals surface area contributed by atoms with E-state index >= 15 is 0 Å². The second kappa shape index (κ2) is 3.58. The SMILES string of the molecule is Brc1ccc([C@@H]2CCC[NH2+]2)cc1. The molecule has 0 saturated carbocycles. The molecule has 1 aliphatic rings. The molecular formula is C10H13BrN+. The van der Waals surface area contributed by atoms with Crippen LogP contribution in [0.2, 0.25) is 0 Å². The molecule has 0 unspecified atom stereocenters. The fourth-order valence-electron chi connectivity index (χ4n) is 1.79. The molecular weight excluding hydrogens is 214 g/mol. The highest BCUT2D eigenvalue weighted by Gasteiger charge is 2.19. The molecule has 1 aromatic rings. The number of benzene rings is 1. The number of rotatable bonds is 1. The lowest BCUT2D eigenvalue weighted by atomic mass is 10.1. The van der Waals surface area contributed by atoms with Gasteiger partial charge in [-0.1, -0.05) is 28.1 Å². The summed E-state index contributed by atoms with van der Waals surface area (Å²) in [6.45, 7) is 1.29. The van der Waals surface area contributed by atoms with E-state index in [0.717, 1.165) is 6.04 Å². The Kier molecular flexibility index (Phi) is 2.47. The number of quaternary nitrogens is 1. The van der Waals surface area contributed by atoms with Crippen LogP contribution < -0.4 is 5.32 Å². The molecule has 2 rings (SSSR count). The first kappa shape index (κ1) is 8.27. The quantitative estimate of drug-likeness (QED) is 0.754. The Morgan fingerprint density at radius 3 is 2.58 bits per heavy atom. The Labute approximate surface area is 81.3 Å². The number of halogens is 1. The van der Waals surface area contributed by atoms with E-state index in [1.165, 1.54) is 29.4 Å². The van der Waals surface area contributed by atoms with Gasteiger partial charge in [-0.15, -0.1) is 0 Å². The van der Waals surface area contributed by atoms with Gasteiger partial charge in [-0.3, -0.25) is 0 Å². The van der Waals surface area contributed by atoms with Crippen LogP contribution in [0, 0.1) is 0 Å². The number of hydrogen-bond acceptors (Lipinski definition) is 0. The second-order valence-corrected chi connectivity index (χ2v) is 4.24. The fraction of sp³-hybridized carbons (Fsp3) is 0.400. The second-order valence-electron chi connectivity index (χ2n) is 3.32. The molecule has 1 atom stereocenters. The molecule has 12 heavy (non-hydrogen) atoms. The van der Waals surface area contributed by atoms with Gasteiger partial charge in [0.2, 0.25) is 0 Å². The van der Waals surface area contributed by atoms with Crippen molar-refractivity contribution in [2.45, 2.75) is 18.9 Å². The van der Waals surface area contributed by atoms with Gasteiger partial charge in [0, 0.05) is 22.9 Å². The highest BCUT2D eigenvalue weighted by molar-refractivity contribution is 9.10. The molecule has 0 aliphatic carbocycles. The molecule has 1 fully saturated rings. The Morgan fingerprint density at radius 2 is 2.00 bits per heavy atom. The van der Waals surface area contributed by atoms with Crippen molar-refractivity contribution in [2.24, 2.45) is 0 Å². The lowest BCUT2D eigenvalue weighted by Gasteiger charge is -2.06. The molecule has 1 nitrogen and oxygen atoms in total. The van der Waals surface area contributed by atoms with Crippen molar-refractivity contribution in [3.8, 4) is 0 Å². The van der Waals surface area contributed by atoms with Crippen molar-refractivity contribution >= 4 is 15.9 Å². The summed E-state index contributed by atoms with van der Waals surface area (Å²) in [6, 6.07) is 9.41. The van der Waals surface area contributed by atoms with Crippen LogP contribution in [-0.2, 0) is 0 Å². The van der Waals surface area contributed by atoms with Gasteiger partial charge < -0.3 is 5.32 Å². The summed E-state index contributed by atoms with van der Waals surface area (Å²) in [4.78, 5) is 0. The Morgan fingerprint density at radius 1 is 1.25 bits per heavy atom. The van der Waals surface area contributed by atoms with Gasteiger partial charge in [0.15, 0.2) is 0 Å². The lowest BCUT2D eigenvalue weighted by molar-refractivity contribution is -0.676. The van der Waals surface area contributed by atoms with Gasteiger partial charge in [0.05, 0.1) is 6.54 Å². The van der Waals surface area contributed by atoms with Gasteiger partial charge in [-0.05, 0) is 12.1 Å². The molecule has 1 heterocycles. The average molecular weight is 227 g/mol. The third-order valence-corrected chi connectivity index (χ3v) is 3.00.